The standard InChI is InChI=1S/C27H23N7O4S2/c1-16-6-5-7-19(12-16)33-23(14-28-25(36)18-11-10-17(2)21(13-18)34(37)38)31-32-27(33)39-15-24(35)30-26-29-20-8-3-4-9-22(20)40-26/h3-13H,14-15H2,1-2H3,(H,28,36)(H,29,30,35). The maximum Gasteiger partial charge on any atom is 0.273 e. The van der Waals surface area contributed by atoms with E-state index in [1.54, 1.807) is 11.5 Å². The molecule has 2 amide bonds. The van der Waals surface area contributed by atoms with E-state index in [2.05, 4.69) is 25.8 Å². The summed E-state index contributed by atoms with van der Waals surface area (Å²) in [5.41, 5.74) is 3.11. The summed E-state index contributed by atoms with van der Waals surface area (Å²) in [7, 11) is 0. The first kappa shape index (κ1) is 27.0. The summed E-state index contributed by atoms with van der Waals surface area (Å²) in [5, 5.41) is 26.4. The third-order valence-electron chi connectivity index (χ3n) is 5.91. The highest BCUT2D eigenvalue weighted by Crippen LogP contribution is 2.27. The average molecular weight is 574 g/mol. The van der Waals surface area contributed by atoms with Crippen LogP contribution in [0, 0.1) is 24.0 Å². The van der Waals surface area contributed by atoms with Crippen molar-refractivity contribution in [1.82, 2.24) is 25.1 Å². The third-order valence-corrected chi connectivity index (χ3v) is 7.79. The Kier molecular flexibility index (Phi) is 7.84. The number of nitrogens with one attached hydrogen (secondary N) is 2. The van der Waals surface area contributed by atoms with Gasteiger partial charge in [0.05, 0.1) is 27.4 Å². The molecule has 13 heteroatoms. The molecule has 5 aromatic rings. The molecule has 202 valence electrons. The Labute approximate surface area is 236 Å². The normalized spacial score (nSPS) is 10.9. The van der Waals surface area contributed by atoms with Crippen LogP contribution >= 0.6 is 23.1 Å². The number of benzene rings is 3. The zero-order valence-corrected chi connectivity index (χ0v) is 23.1. The van der Waals surface area contributed by atoms with Crippen LogP contribution in [-0.4, -0.2) is 42.2 Å². The monoisotopic (exact) mass is 573 g/mol. The number of rotatable bonds is 9. The highest BCUT2D eigenvalue weighted by molar-refractivity contribution is 7.99. The Morgan fingerprint density at radius 2 is 1.88 bits per heavy atom. The fourth-order valence-corrected chi connectivity index (χ4v) is 5.61. The zero-order valence-electron chi connectivity index (χ0n) is 21.5. The summed E-state index contributed by atoms with van der Waals surface area (Å²) in [4.78, 5) is 40.7. The molecule has 2 aromatic heterocycles. The lowest BCUT2D eigenvalue weighted by Crippen LogP contribution is -2.25. The first-order chi connectivity index (χ1) is 19.3. The van der Waals surface area contributed by atoms with E-state index < -0.39 is 10.8 Å². The molecule has 0 bridgehead atoms. The lowest BCUT2D eigenvalue weighted by Gasteiger charge is -2.12. The number of amides is 2. The van der Waals surface area contributed by atoms with Crippen molar-refractivity contribution >= 4 is 55.9 Å². The average Bonchev–Trinajstić information content (AvgIpc) is 3.53. The second kappa shape index (κ2) is 11.6. The van der Waals surface area contributed by atoms with Gasteiger partial charge in [0.15, 0.2) is 16.1 Å². The van der Waals surface area contributed by atoms with E-state index in [9.17, 15) is 19.7 Å². The number of carbonyl (C=O) groups excluding carboxylic acids is 2. The highest BCUT2D eigenvalue weighted by Gasteiger charge is 2.19. The van der Waals surface area contributed by atoms with Crippen LogP contribution in [-0.2, 0) is 11.3 Å². The van der Waals surface area contributed by atoms with E-state index in [4.69, 9.17) is 0 Å². The van der Waals surface area contributed by atoms with Crippen molar-refractivity contribution in [3.8, 4) is 5.69 Å². The van der Waals surface area contributed by atoms with E-state index >= 15 is 0 Å². The van der Waals surface area contributed by atoms with Crippen LogP contribution in [0.5, 0.6) is 0 Å². The molecule has 0 aliphatic heterocycles. The maximum atomic E-state index is 12.8. The van der Waals surface area contributed by atoms with E-state index in [1.165, 1.54) is 41.3 Å². The van der Waals surface area contributed by atoms with Gasteiger partial charge >= 0.3 is 0 Å². The van der Waals surface area contributed by atoms with Gasteiger partial charge in [0.2, 0.25) is 5.91 Å². The van der Waals surface area contributed by atoms with Crippen molar-refractivity contribution in [2.75, 3.05) is 11.1 Å². The number of carbonyl (C=O) groups is 2. The molecule has 0 unspecified atom stereocenters. The number of nitro groups is 1. The molecule has 0 spiro atoms. The molecule has 3 aromatic carbocycles. The van der Waals surface area contributed by atoms with Gasteiger partial charge in [0, 0.05) is 22.9 Å². The number of nitro benzene ring substituents is 1. The first-order valence-corrected chi connectivity index (χ1v) is 13.9. The Bertz CT molecular complexity index is 1720. The minimum Gasteiger partial charge on any atom is -0.345 e. The van der Waals surface area contributed by atoms with E-state index in [0.717, 1.165) is 21.5 Å². The number of fused-ring (bicyclic) bond motifs is 1. The number of thiazole rings is 1. The molecule has 5 rings (SSSR count). The maximum absolute atomic E-state index is 12.8. The van der Waals surface area contributed by atoms with E-state index in [0.29, 0.717) is 21.7 Å². The van der Waals surface area contributed by atoms with Gasteiger partial charge in [0.1, 0.15) is 0 Å². The Morgan fingerprint density at radius 1 is 1.05 bits per heavy atom. The molecular formula is C27H23N7O4S2. The van der Waals surface area contributed by atoms with Gasteiger partial charge in [-0.15, -0.1) is 10.2 Å². The molecule has 0 saturated carbocycles. The van der Waals surface area contributed by atoms with Crippen LogP contribution in [0.4, 0.5) is 10.8 Å². The summed E-state index contributed by atoms with van der Waals surface area (Å²) in [6, 6.07) is 19.7. The van der Waals surface area contributed by atoms with Crippen molar-refractivity contribution < 1.29 is 14.5 Å². The number of anilines is 1. The molecule has 0 atom stereocenters. The van der Waals surface area contributed by atoms with Gasteiger partial charge in [-0.05, 0) is 49.7 Å². The number of thioether (sulfide) groups is 1. The SMILES string of the molecule is Cc1cccc(-n2c(CNC(=O)c3ccc(C)c([N+](=O)[O-])c3)nnc2SCC(=O)Nc2nc3ccccc3s2)c1. The van der Waals surface area contributed by atoms with Gasteiger partial charge in [-0.1, -0.05) is 53.4 Å². The fourth-order valence-electron chi connectivity index (χ4n) is 3.95. The Morgan fingerprint density at radius 3 is 2.65 bits per heavy atom. The van der Waals surface area contributed by atoms with Gasteiger partial charge < -0.3 is 10.6 Å². The number of hydrogen-bond donors (Lipinski definition) is 2. The summed E-state index contributed by atoms with van der Waals surface area (Å²) >= 11 is 2.61. The lowest BCUT2D eigenvalue weighted by molar-refractivity contribution is -0.385. The van der Waals surface area contributed by atoms with Gasteiger partial charge in [-0.3, -0.25) is 24.3 Å². The first-order valence-electron chi connectivity index (χ1n) is 12.1. The van der Waals surface area contributed by atoms with Crippen LogP contribution in [0.3, 0.4) is 0 Å². The topological polar surface area (TPSA) is 145 Å². The molecule has 0 aliphatic carbocycles. The summed E-state index contributed by atoms with van der Waals surface area (Å²) < 4.78 is 2.76. The lowest BCUT2D eigenvalue weighted by atomic mass is 10.1. The quantitative estimate of drug-likeness (QED) is 0.141. The molecular weight excluding hydrogens is 550 g/mol. The molecule has 40 heavy (non-hydrogen) atoms. The van der Waals surface area contributed by atoms with Crippen molar-refractivity contribution in [2.45, 2.75) is 25.5 Å². The summed E-state index contributed by atoms with van der Waals surface area (Å²) in [5.74, 6) is -0.209. The van der Waals surface area contributed by atoms with Crippen molar-refractivity contribution in [3.63, 3.8) is 0 Å². The summed E-state index contributed by atoms with van der Waals surface area (Å²) in [6.45, 7) is 3.58. The van der Waals surface area contributed by atoms with Crippen molar-refractivity contribution in [3.05, 3.63) is 99.4 Å². The van der Waals surface area contributed by atoms with Gasteiger partial charge in [-0.2, -0.15) is 0 Å². The van der Waals surface area contributed by atoms with Crippen LogP contribution < -0.4 is 10.6 Å². The van der Waals surface area contributed by atoms with Crippen LogP contribution in [0.2, 0.25) is 0 Å². The molecule has 0 aliphatic rings. The molecule has 2 N–H and O–H groups in total. The van der Waals surface area contributed by atoms with Crippen molar-refractivity contribution in [2.24, 2.45) is 0 Å². The van der Waals surface area contributed by atoms with E-state index in [1.807, 2.05) is 55.5 Å². The van der Waals surface area contributed by atoms with Crippen LogP contribution in [0.15, 0.2) is 71.9 Å². The number of aromatic nitrogens is 4. The molecule has 0 saturated heterocycles. The Balaban J connectivity index is 1.32. The number of aryl methyl sites for hydroxylation is 2. The minimum absolute atomic E-state index is 0.0138. The Hall–Kier alpha value is -4.62. The molecule has 0 fully saturated rings. The summed E-state index contributed by atoms with van der Waals surface area (Å²) in [6.07, 6.45) is 0. The second-order valence-electron chi connectivity index (χ2n) is 8.84. The smallest absolute Gasteiger partial charge is 0.273 e. The van der Waals surface area contributed by atoms with Crippen LogP contribution in [0.25, 0.3) is 15.9 Å². The largest absolute Gasteiger partial charge is 0.345 e. The van der Waals surface area contributed by atoms with Gasteiger partial charge in [-0.25, -0.2) is 4.98 Å². The number of nitrogens with zero attached hydrogens (tertiary/aromatic N) is 5. The number of para-hydroxylation sites is 1. The van der Waals surface area contributed by atoms with E-state index in [-0.39, 0.29) is 29.5 Å². The van der Waals surface area contributed by atoms with Crippen LogP contribution in [0.1, 0.15) is 27.3 Å². The highest BCUT2D eigenvalue weighted by atomic mass is 32.2. The predicted octanol–water partition coefficient (Wildman–Crippen LogP) is 5.06. The fraction of sp³-hybridized carbons (Fsp3) is 0.148. The molecule has 2 heterocycles. The second-order valence-corrected chi connectivity index (χ2v) is 10.8. The molecule has 0 radical (unpaired) electrons. The van der Waals surface area contributed by atoms with Crippen molar-refractivity contribution in [1.29, 1.82) is 0 Å². The minimum atomic E-state index is -0.517. The zero-order chi connectivity index (χ0) is 28.2. The predicted molar refractivity (Wildman–Crippen MR) is 154 cm³/mol. The molecule has 11 nitrogen and oxygen atoms in total. The third kappa shape index (κ3) is 6.00. The number of hydrogen-bond acceptors (Lipinski definition) is 9. The van der Waals surface area contributed by atoms with Gasteiger partial charge in [0.25, 0.3) is 11.6 Å².